The second-order valence-electron chi connectivity index (χ2n) is 3.62. The van der Waals surface area contributed by atoms with Gasteiger partial charge in [-0.05, 0) is 29.9 Å². The molecule has 2 rings (SSSR count). The van der Waals surface area contributed by atoms with E-state index in [1.807, 2.05) is 0 Å². The van der Waals surface area contributed by atoms with Crippen molar-refractivity contribution < 1.29 is 0 Å². The Kier molecular flexibility index (Phi) is 2.10. The summed E-state index contributed by atoms with van der Waals surface area (Å²) in [7, 11) is 0. The van der Waals surface area contributed by atoms with Crippen LogP contribution in [0.5, 0.6) is 0 Å². The number of benzene rings is 1. The van der Waals surface area contributed by atoms with Crippen molar-refractivity contribution in [2.75, 3.05) is 0 Å². The van der Waals surface area contributed by atoms with Crippen LogP contribution in [0.1, 0.15) is 29.8 Å². The largest absolute Gasteiger partial charge is 0.118 e. The highest BCUT2D eigenvalue weighted by Crippen LogP contribution is 2.38. The van der Waals surface area contributed by atoms with E-state index >= 15 is 0 Å². The number of aryl methyl sites for hydroxylation is 1. The smallest absolute Gasteiger partial charge is 0.0613 e. The average Bonchev–Trinajstić information content (AvgIpc) is 2.12. The second-order valence-corrected chi connectivity index (χ2v) is 4.09. The first kappa shape index (κ1) is 8.12. The lowest BCUT2D eigenvalue weighted by atomic mass is 9.85. The van der Waals surface area contributed by atoms with E-state index in [0.29, 0.717) is 5.92 Å². The van der Waals surface area contributed by atoms with Crippen LogP contribution in [0.3, 0.4) is 0 Å². The van der Waals surface area contributed by atoms with Gasteiger partial charge in [-0.15, -0.1) is 11.6 Å². The van der Waals surface area contributed by atoms with Crippen LogP contribution in [0.25, 0.3) is 0 Å². The molecule has 1 aliphatic carbocycles. The summed E-state index contributed by atoms with van der Waals surface area (Å²) in [6, 6.07) is 8.52. The van der Waals surface area contributed by atoms with E-state index in [-0.39, 0.29) is 5.38 Å². The van der Waals surface area contributed by atoms with Crippen LogP contribution in [0.2, 0.25) is 0 Å². The maximum Gasteiger partial charge on any atom is 0.0613 e. The molecule has 64 valence electrons. The number of fused-ring (bicyclic) bond motifs is 1. The minimum absolute atomic E-state index is 0.231. The van der Waals surface area contributed by atoms with Crippen LogP contribution in [-0.4, -0.2) is 0 Å². The summed E-state index contributed by atoms with van der Waals surface area (Å²) in [6.45, 7) is 2.23. The molecular formula is C11H13Cl. The molecule has 1 heteroatoms. The minimum Gasteiger partial charge on any atom is -0.118 e. The second kappa shape index (κ2) is 3.10. The fourth-order valence-electron chi connectivity index (χ4n) is 1.87. The molecule has 0 N–H and O–H groups in total. The lowest BCUT2D eigenvalue weighted by molar-refractivity contribution is 0.486. The Bertz CT molecular complexity index is 280. The summed E-state index contributed by atoms with van der Waals surface area (Å²) in [5, 5.41) is 0.231. The Balaban J connectivity index is 2.42. The van der Waals surface area contributed by atoms with Crippen LogP contribution in [-0.2, 0) is 6.42 Å². The molecule has 0 spiro atoms. The SMILES string of the molecule is CC1CCc2ccccc2C1Cl. The fourth-order valence-corrected chi connectivity index (χ4v) is 2.21. The zero-order chi connectivity index (χ0) is 8.55. The third-order valence-corrected chi connectivity index (χ3v) is 3.39. The third-order valence-electron chi connectivity index (χ3n) is 2.72. The van der Waals surface area contributed by atoms with Gasteiger partial charge >= 0.3 is 0 Å². The van der Waals surface area contributed by atoms with Gasteiger partial charge in [-0.2, -0.15) is 0 Å². The van der Waals surface area contributed by atoms with Gasteiger partial charge in [0.25, 0.3) is 0 Å². The molecule has 2 unspecified atom stereocenters. The average molecular weight is 181 g/mol. The van der Waals surface area contributed by atoms with E-state index in [2.05, 4.69) is 31.2 Å². The molecule has 1 aromatic rings. The molecule has 1 aliphatic rings. The Morgan fingerprint density at radius 2 is 2.08 bits per heavy atom. The van der Waals surface area contributed by atoms with Gasteiger partial charge in [-0.1, -0.05) is 31.2 Å². The number of hydrogen-bond donors (Lipinski definition) is 0. The van der Waals surface area contributed by atoms with Gasteiger partial charge < -0.3 is 0 Å². The minimum atomic E-state index is 0.231. The standard InChI is InChI=1S/C11H13Cl/c1-8-6-7-9-4-2-3-5-10(9)11(8)12/h2-5,8,11H,6-7H2,1H3. The van der Waals surface area contributed by atoms with E-state index in [0.717, 1.165) is 0 Å². The number of rotatable bonds is 0. The Hall–Kier alpha value is -0.490. The fraction of sp³-hybridized carbons (Fsp3) is 0.455. The number of halogens is 1. The monoisotopic (exact) mass is 180 g/mol. The predicted molar refractivity (Wildman–Crippen MR) is 52.5 cm³/mol. The molecule has 0 saturated heterocycles. The van der Waals surface area contributed by atoms with Crippen LogP contribution < -0.4 is 0 Å². The van der Waals surface area contributed by atoms with Gasteiger partial charge in [0.2, 0.25) is 0 Å². The maximum atomic E-state index is 6.30. The lowest BCUT2D eigenvalue weighted by Crippen LogP contribution is -2.13. The zero-order valence-electron chi connectivity index (χ0n) is 7.26. The van der Waals surface area contributed by atoms with Crippen LogP contribution in [0, 0.1) is 5.92 Å². The Morgan fingerprint density at radius 1 is 1.33 bits per heavy atom. The third kappa shape index (κ3) is 1.25. The van der Waals surface area contributed by atoms with Crippen molar-refractivity contribution in [1.82, 2.24) is 0 Å². The number of hydrogen-bond acceptors (Lipinski definition) is 0. The van der Waals surface area contributed by atoms with Crippen LogP contribution in [0.4, 0.5) is 0 Å². The van der Waals surface area contributed by atoms with E-state index in [1.165, 1.54) is 24.0 Å². The summed E-state index contributed by atoms with van der Waals surface area (Å²) in [4.78, 5) is 0. The summed E-state index contributed by atoms with van der Waals surface area (Å²) in [5.41, 5.74) is 2.79. The lowest BCUT2D eigenvalue weighted by Gasteiger charge is -2.26. The normalized spacial score (nSPS) is 28.2. The molecule has 0 aromatic heterocycles. The highest BCUT2D eigenvalue weighted by Gasteiger charge is 2.23. The van der Waals surface area contributed by atoms with Crippen molar-refractivity contribution >= 4 is 11.6 Å². The molecular weight excluding hydrogens is 168 g/mol. The van der Waals surface area contributed by atoms with Crippen molar-refractivity contribution in [3.63, 3.8) is 0 Å². The van der Waals surface area contributed by atoms with E-state index in [4.69, 9.17) is 11.6 Å². The molecule has 0 aliphatic heterocycles. The Morgan fingerprint density at radius 3 is 2.92 bits per heavy atom. The maximum absolute atomic E-state index is 6.30. The van der Waals surface area contributed by atoms with Crippen molar-refractivity contribution in [3.8, 4) is 0 Å². The highest BCUT2D eigenvalue weighted by molar-refractivity contribution is 6.21. The van der Waals surface area contributed by atoms with Crippen molar-refractivity contribution in [2.45, 2.75) is 25.1 Å². The molecule has 0 nitrogen and oxygen atoms in total. The van der Waals surface area contributed by atoms with Crippen molar-refractivity contribution in [2.24, 2.45) is 5.92 Å². The van der Waals surface area contributed by atoms with Gasteiger partial charge in [0.15, 0.2) is 0 Å². The molecule has 12 heavy (non-hydrogen) atoms. The van der Waals surface area contributed by atoms with Crippen LogP contribution in [0.15, 0.2) is 24.3 Å². The van der Waals surface area contributed by atoms with Gasteiger partial charge in [-0.25, -0.2) is 0 Å². The summed E-state index contributed by atoms with van der Waals surface area (Å²) >= 11 is 6.30. The molecule has 2 atom stereocenters. The van der Waals surface area contributed by atoms with Crippen molar-refractivity contribution in [3.05, 3.63) is 35.4 Å². The molecule has 0 bridgehead atoms. The van der Waals surface area contributed by atoms with Gasteiger partial charge in [0, 0.05) is 0 Å². The topological polar surface area (TPSA) is 0 Å². The van der Waals surface area contributed by atoms with Gasteiger partial charge in [0.05, 0.1) is 5.38 Å². The molecule has 1 aromatic carbocycles. The summed E-state index contributed by atoms with van der Waals surface area (Å²) < 4.78 is 0. The van der Waals surface area contributed by atoms with E-state index in [1.54, 1.807) is 0 Å². The van der Waals surface area contributed by atoms with Gasteiger partial charge in [-0.3, -0.25) is 0 Å². The van der Waals surface area contributed by atoms with E-state index < -0.39 is 0 Å². The predicted octanol–water partition coefficient (Wildman–Crippen LogP) is 3.55. The Labute approximate surface area is 78.6 Å². The first-order valence-corrected chi connectivity index (χ1v) is 4.94. The summed E-state index contributed by atoms with van der Waals surface area (Å²) in [5.74, 6) is 0.626. The first-order chi connectivity index (χ1) is 5.79. The molecule has 0 radical (unpaired) electrons. The summed E-state index contributed by atoms with van der Waals surface area (Å²) in [6.07, 6.45) is 2.42. The highest BCUT2D eigenvalue weighted by atomic mass is 35.5. The molecule has 0 amide bonds. The van der Waals surface area contributed by atoms with Crippen LogP contribution >= 0.6 is 11.6 Å². The zero-order valence-corrected chi connectivity index (χ0v) is 8.01. The first-order valence-electron chi connectivity index (χ1n) is 4.51. The molecule has 0 saturated carbocycles. The molecule has 0 fully saturated rings. The van der Waals surface area contributed by atoms with Crippen molar-refractivity contribution in [1.29, 1.82) is 0 Å². The van der Waals surface area contributed by atoms with E-state index in [9.17, 15) is 0 Å². The molecule has 0 heterocycles. The quantitative estimate of drug-likeness (QED) is 0.536. The van der Waals surface area contributed by atoms with Gasteiger partial charge in [0.1, 0.15) is 0 Å². The number of alkyl halides is 1.